The first kappa shape index (κ1) is 9.26. The molecule has 66 valence electrons. The van der Waals surface area contributed by atoms with E-state index in [0.717, 1.165) is 32.7 Å². The van der Waals surface area contributed by atoms with E-state index < -0.39 is 0 Å². The second-order valence-electron chi connectivity index (χ2n) is 2.81. The van der Waals surface area contributed by atoms with Crippen molar-refractivity contribution in [1.29, 1.82) is 0 Å². The number of hydrogen-bond acceptors (Lipinski definition) is 3. The van der Waals surface area contributed by atoms with Crippen LogP contribution in [-0.4, -0.2) is 38.5 Å². The minimum absolute atomic E-state index is 0. The van der Waals surface area contributed by atoms with Crippen molar-refractivity contribution < 1.29 is 9.47 Å². The number of nitrogens with one attached hydrogen (secondary N) is 1. The summed E-state index contributed by atoms with van der Waals surface area (Å²) in [6.45, 7) is 3.58. The maximum absolute atomic E-state index is 5.52. The van der Waals surface area contributed by atoms with Gasteiger partial charge in [-0.2, -0.15) is 0 Å². The van der Waals surface area contributed by atoms with E-state index in [1.165, 1.54) is 0 Å². The van der Waals surface area contributed by atoms with E-state index in [0.29, 0.717) is 12.2 Å². The Morgan fingerprint density at radius 2 is 1.82 bits per heavy atom. The zero-order chi connectivity index (χ0) is 6.81. The summed E-state index contributed by atoms with van der Waals surface area (Å²) in [5.41, 5.74) is 0. The van der Waals surface area contributed by atoms with Crippen molar-refractivity contribution in [1.82, 2.24) is 5.32 Å². The molecule has 2 rings (SSSR count). The van der Waals surface area contributed by atoms with Crippen LogP contribution in [0.15, 0.2) is 0 Å². The van der Waals surface area contributed by atoms with Crippen molar-refractivity contribution in [2.24, 2.45) is 0 Å². The van der Waals surface area contributed by atoms with Crippen LogP contribution in [0.25, 0.3) is 0 Å². The molecule has 2 heterocycles. The summed E-state index contributed by atoms with van der Waals surface area (Å²) in [4.78, 5) is 0. The minimum atomic E-state index is 0. The highest BCUT2D eigenvalue weighted by Crippen LogP contribution is 2.15. The highest BCUT2D eigenvalue weighted by Gasteiger charge is 2.28. The zero-order valence-corrected chi connectivity index (χ0v) is 7.23. The fraction of sp³-hybridized carbons (Fsp3) is 1.00. The summed E-state index contributed by atoms with van der Waals surface area (Å²) >= 11 is 0. The number of piperidine rings is 1. The maximum atomic E-state index is 5.52. The van der Waals surface area contributed by atoms with E-state index in [2.05, 4.69) is 5.32 Å². The monoisotopic (exact) mass is 179 g/mol. The van der Waals surface area contributed by atoms with Gasteiger partial charge in [0.05, 0.1) is 25.4 Å². The van der Waals surface area contributed by atoms with Crippen LogP contribution in [0.5, 0.6) is 0 Å². The Bertz CT molecular complexity index is 97.0. The summed E-state index contributed by atoms with van der Waals surface area (Å²) < 4.78 is 11.0. The molecular formula is C7H14ClNO2. The Morgan fingerprint density at radius 3 is 2.55 bits per heavy atom. The van der Waals surface area contributed by atoms with Gasteiger partial charge in [-0.25, -0.2) is 0 Å². The molecule has 0 aromatic carbocycles. The summed E-state index contributed by atoms with van der Waals surface area (Å²) in [5, 5.41) is 3.28. The lowest BCUT2D eigenvalue weighted by Crippen LogP contribution is -2.50. The van der Waals surface area contributed by atoms with Gasteiger partial charge in [-0.1, -0.05) is 0 Å². The van der Waals surface area contributed by atoms with E-state index in [1.54, 1.807) is 0 Å². The molecule has 2 aliphatic heterocycles. The molecule has 4 heteroatoms. The minimum Gasteiger partial charge on any atom is -0.373 e. The van der Waals surface area contributed by atoms with Crippen LogP contribution in [0.2, 0.25) is 0 Å². The van der Waals surface area contributed by atoms with Gasteiger partial charge in [0, 0.05) is 6.54 Å². The molecule has 2 aliphatic rings. The van der Waals surface area contributed by atoms with Crippen LogP contribution in [-0.2, 0) is 9.47 Å². The van der Waals surface area contributed by atoms with Crippen molar-refractivity contribution in [3.05, 3.63) is 0 Å². The molecule has 2 saturated heterocycles. The number of fused-ring (bicyclic) bond motifs is 1. The van der Waals surface area contributed by atoms with Gasteiger partial charge in [-0.15, -0.1) is 12.4 Å². The molecule has 0 radical (unpaired) electrons. The predicted molar refractivity (Wildman–Crippen MR) is 44.2 cm³/mol. The third-order valence-corrected chi connectivity index (χ3v) is 2.11. The molecule has 0 spiro atoms. The van der Waals surface area contributed by atoms with Gasteiger partial charge in [-0.3, -0.25) is 0 Å². The highest BCUT2D eigenvalue weighted by molar-refractivity contribution is 5.85. The smallest absolute Gasteiger partial charge is 0.0962 e. The third kappa shape index (κ3) is 2.06. The van der Waals surface area contributed by atoms with Gasteiger partial charge in [0.2, 0.25) is 0 Å². The number of ether oxygens (including phenoxy) is 2. The van der Waals surface area contributed by atoms with Gasteiger partial charge >= 0.3 is 0 Å². The Labute approximate surface area is 72.8 Å². The molecule has 0 bridgehead atoms. The lowest BCUT2D eigenvalue weighted by atomic mass is 10.1. The quantitative estimate of drug-likeness (QED) is 0.576. The molecule has 3 nitrogen and oxygen atoms in total. The second-order valence-corrected chi connectivity index (χ2v) is 2.81. The van der Waals surface area contributed by atoms with Crippen molar-refractivity contribution in [2.75, 3.05) is 26.3 Å². The number of halogens is 1. The second kappa shape index (κ2) is 4.26. The Balaban J connectivity index is 0.000000605. The molecule has 0 saturated carbocycles. The van der Waals surface area contributed by atoms with E-state index in [9.17, 15) is 0 Å². The average molecular weight is 180 g/mol. The van der Waals surface area contributed by atoms with Gasteiger partial charge in [-0.05, 0) is 13.0 Å². The SMILES string of the molecule is C1CC2OCCOC2CN1.Cl. The van der Waals surface area contributed by atoms with Gasteiger partial charge in [0.1, 0.15) is 0 Å². The Hall–Kier alpha value is 0.170. The lowest BCUT2D eigenvalue weighted by molar-refractivity contribution is -0.148. The predicted octanol–water partition coefficient (Wildman–Crippen LogP) is 0.185. The fourth-order valence-electron chi connectivity index (χ4n) is 1.56. The Morgan fingerprint density at radius 1 is 1.09 bits per heavy atom. The van der Waals surface area contributed by atoms with E-state index in [-0.39, 0.29) is 12.4 Å². The molecule has 1 N–H and O–H groups in total. The first-order valence-electron chi connectivity index (χ1n) is 3.91. The third-order valence-electron chi connectivity index (χ3n) is 2.11. The van der Waals surface area contributed by atoms with Crippen molar-refractivity contribution in [3.63, 3.8) is 0 Å². The molecule has 0 aliphatic carbocycles. The highest BCUT2D eigenvalue weighted by atomic mass is 35.5. The van der Waals surface area contributed by atoms with Crippen molar-refractivity contribution in [2.45, 2.75) is 18.6 Å². The van der Waals surface area contributed by atoms with Crippen LogP contribution in [0, 0.1) is 0 Å². The molecule has 0 aromatic heterocycles. The molecule has 0 aromatic rings. The lowest BCUT2D eigenvalue weighted by Gasteiger charge is -2.35. The zero-order valence-electron chi connectivity index (χ0n) is 6.41. The van der Waals surface area contributed by atoms with E-state index >= 15 is 0 Å². The fourth-order valence-corrected chi connectivity index (χ4v) is 1.56. The van der Waals surface area contributed by atoms with Gasteiger partial charge in [0.25, 0.3) is 0 Å². The van der Waals surface area contributed by atoms with Crippen LogP contribution >= 0.6 is 12.4 Å². The molecule has 2 unspecified atom stereocenters. The number of hydrogen-bond donors (Lipinski definition) is 1. The van der Waals surface area contributed by atoms with Gasteiger partial charge in [0.15, 0.2) is 0 Å². The average Bonchev–Trinajstić information content (AvgIpc) is 2.05. The molecule has 2 fully saturated rings. The summed E-state index contributed by atoms with van der Waals surface area (Å²) in [6, 6.07) is 0. The standard InChI is InChI=1S/C7H13NO2.ClH/c1-2-8-5-7-6(1)9-3-4-10-7;/h6-8H,1-5H2;1H. The molecule has 2 atom stereocenters. The van der Waals surface area contributed by atoms with Crippen LogP contribution in [0.3, 0.4) is 0 Å². The first-order chi connectivity index (χ1) is 4.97. The van der Waals surface area contributed by atoms with E-state index in [4.69, 9.17) is 9.47 Å². The van der Waals surface area contributed by atoms with Crippen molar-refractivity contribution in [3.8, 4) is 0 Å². The van der Waals surface area contributed by atoms with Crippen molar-refractivity contribution >= 4 is 12.4 Å². The first-order valence-corrected chi connectivity index (χ1v) is 3.91. The van der Waals surface area contributed by atoms with Crippen LogP contribution in [0.1, 0.15) is 6.42 Å². The maximum Gasteiger partial charge on any atom is 0.0962 e. The van der Waals surface area contributed by atoms with Crippen LogP contribution in [0.4, 0.5) is 0 Å². The van der Waals surface area contributed by atoms with Gasteiger partial charge < -0.3 is 14.8 Å². The number of rotatable bonds is 0. The molecular weight excluding hydrogens is 166 g/mol. The largest absolute Gasteiger partial charge is 0.373 e. The Kier molecular flexibility index (Phi) is 3.59. The normalized spacial score (nSPS) is 37.1. The molecule has 0 amide bonds. The van der Waals surface area contributed by atoms with Crippen LogP contribution < -0.4 is 5.32 Å². The summed E-state index contributed by atoms with van der Waals surface area (Å²) in [6.07, 6.45) is 1.79. The summed E-state index contributed by atoms with van der Waals surface area (Å²) in [7, 11) is 0. The topological polar surface area (TPSA) is 30.5 Å². The summed E-state index contributed by atoms with van der Waals surface area (Å²) in [5.74, 6) is 0. The molecule has 11 heavy (non-hydrogen) atoms. The van der Waals surface area contributed by atoms with E-state index in [1.807, 2.05) is 0 Å².